The molecule has 0 spiro atoms. The average Bonchev–Trinajstić information content (AvgIpc) is 3.05. The van der Waals surface area contributed by atoms with Crippen molar-refractivity contribution in [3.63, 3.8) is 0 Å². The third-order valence-corrected chi connectivity index (χ3v) is 4.34. The lowest BCUT2D eigenvalue weighted by molar-refractivity contribution is -0.141. The van der Waals surface area contributed by atoms with Crippen molar-refractivity contribution < 1.29 is 19.1 Å². The lowest BCUT2D eigenvalue weighted by atomic mass is 9.97. The second kappa shape index (κ2) is 7.47. The third-order valence-electron chi connectivity index (χ3n) is 4.34. The maximum absolute atomic E-state index is 13.6. The van der Waals surface area contributed by atoms with Gasteiger partial charge in [-0.2, -0.15) is 5.10 Å². The summed E-state index contributed by atoms with van der Waals surface area (Å²) < 4.78 is 13.6. The molecule has 2 aromatic rings. The van der Waals surface area contributed by atoms with Gasteiger partial charge in [0.05, 0.1) is 18.2 Å². The number of carbonyl (C=O) groups excluding carboxylic acids is 1. The highest BCUT2D eigenvalue weighted by Gasteiger charge is 2.33. The van der Waals surface area contributed by atoms with Gasteiger partial charge >= 0.3 is 5.97 Å². The maximum atomic E-state index is 13.6. The predicted octanol–water partition coefficient (Wildman–Crippen LogP) is 3.68. The van der Waals surface area contributed by atoms with Crippen LogP contribution in [0, 0.1) is 12.7 Å². The first-order valence-electron chi connectivity index (χ1n) is 8.38. The Balaban J connectivity index is 1.91. The van der Waals surface area contributed by atoms with Crippen LogP contribution >= 0.6 is 0 Å². The van der Waals surface area contributed by atoms with Crippen LogP contribution < -0.4 is 0 Å². The quantitative estimate of drug-likeness (QED) is 0.890. The van der Waals surface area contributed by atoms with E-state index in [2.05, 4.69) is 5.10 Å². The van der Waals surface area contributed by atoms with Crippen LogP contribution in [0.2, 0.25) is 0 Å². The van der Waals surface area contributed by atoms with E-state index in [0.29, 0.717) is 12.0 Å². The van der Waals surface area contributed by atoms with Crippen LogP contribution in [0.5, 0.6) is 0 Å². The molecule has 0 aromatic heterocycles. The van der Waals surface area contributed by atoms with Crippen molar-refractivity contribution in [2.75, 3.05) is 0 Å². The summed E-state index contributed by atoms with van der Waals surface area (Å²) in [6.07, 6.45) is 0.0394. The number of carbonyl (C=O) groups is 2. The zero-order chi connectivity index (χ0) is 18.7. The van der Waals surface area contributed by atoms with Gasteiger partial charge in [0.2, 0.25) is 5.91 Å². The molecule has 0 radical (unpaired) electrons. The van der Waals surface area contributed by atoms with Crippen molar-refractivity contribution in [3.8, 4) is 0 Å². The first-order valence-corrected chi connectivity index (χ1v) is 8.38. The molecule has 0 unspecified atom stereocenters. The zero-order valence-electron chi connectivity index (χ0n) is 14.4. The van der Waals surface area contributed by atoms with E-state index in [1.165, 1.54) is 17.1 Å². The SMILES string of the molecule is Cc1ccc(C2=NN(C(=O)CCC(=O)O)[C@H](c3cccc(F)c3)C2)cc1. The summed E-state index contributed by atoms with van der Waals surface area (Å²) in [7, 11) is 0. The zero-order valence-corrected chi connectivity index (χ0v) is 14.4. The van der Waals surface area contributed by atoms with Gasteiger partial charge in [-0.15, -0.1) is 0 Å². The van der Waals surface area contributed by atoms with Gasteiger partial charge < -0.3 is 5.11 Å². The van der Waals surface area contributed by atoms with E-state index < -0.39 is 12.0 Å². The van der Waals surface area contributed by atoms with Crippen LogP contribution in [0.3, 0.4) is 0 Å². The fourth-order valence-corrected chi connectivity index (χ4v) is 2.96. The minimum atomic E-state index is -1.04. The highest BCUT2D eigenvalue weighted by Crippen LogP contribution is 2.33. The first kappa shape index (κ1) is 17.8. The molecular formula is C20H19FN2O3. The Hall–Kier alpha value is -3.02. The van der Waals surface area contributed by atoms with Gasteiger partial charge in [0.25, 0.3) is 0 Å². The van der Waals surface area contributed by atoms with Gasteiger partial charge in [0, 0.05) is 12.8 Å². The van der Waals surface area contributed by atoms with Crippen molar-refractivity contribution in [3.05, 3.63) is 71.0 Å². The van der Waals surface area contributed by atoms with Gasteiger partial charge in [-0.3, -0.25) is 9.59 Å². The van der Waals surface area contributed by atoms with Gasteiger partial charge in [0.1, 0.15) is 5.82 Å². The fourth-order valence-electron chi connectivity index (χ4n) is 2.96. The van der Waals surface area contributed by atoms with Crippen molar-refractivity contribution in [1.82, 2.24) is 5.01 Å². The molecule has 0 bridgehead atoms. The number of hydrogen-bond donors (Lipinski definition) is 1. The number of aryl methyl sites for hydroxylation is 1. The Morgan fingerprint density at radius 2 is 1.92 bits per heavy atom. The topological polar surface area (TPSA) is 70.0 Å². The number of benzene rings is 2. The Morgan fingerprint density at radius 3 is 2.58 bits per heavy atom. The molecule has 5 nitrogen and oxygen atoms in total. The smallest absolute Gasteiger partial charge is 0.303 e. The summed E-state index contributed by atoms with van der Waals surface area (Å²) in [6, 6.07) is 13.4. The molecule has 1 aliphatic rings. The van der Waals surface area contributed by atoms with Crippen LogP contribution in [-0.4, -0.2) is 27.7 Å². The number of hydrazone groups is 1. The van der Waals surface area contributed by atoms with E-state index in [-0.39, 0.29) is 24.6 Å². The van der Waals surface area contributed by atoms with Crippen molar-refractivity contribution in [2.24, 2.45) is 5.10 Å². The van der Waals surface area contributed by atoms with Gasteiger partial charge in [0.15, 0.2) is 0 Å². The lowest BCUT2D eigenvalue weighted by Crippen LogP contribution is -2.27. The van der Waals surface area contributed by atoms with E-state index in [9.17, 15) is 14.0 Å². The van der Waals surface area contributed by atoms with Gasteiger partial charge in [-0.1, -0.05) is 42.0 Å². The number of aliphatic carboxylic acids is 1. The van der Waals surface area contributed by atoms with Gasteiger partial charge in [-0.25, -0.2) is 9.40 Å². The minimum Gasteiger partial charge on any atom is -0.481 e. The highest BCUT2D eigenvalue weighted by molar-refractivity contribution is 6.03. The molecule has 1 N–H and O–H groups in total. The number of carboxylic acid groups (broad SMARTS) is 1. The van der Waals surface area contributed by atoms with Crippen LogP contribution in [0.25, 0.3) is 0 Å². The Morgan fingerprint density at radius 1 is 1.19 bits per heavy atom. The monoisotopic (exact) mass is 354 g/mol. The standard InChI is InChI=1S/C20H19FN2O3/c1-13-5-7-14(8-6-13)17-12-18(15-3-2-4-16(21)11-15)23(22-17)19(24)9-10-20(25)26/h2-8,11,18H,9-10,12H2,1H3,(H,25,26)/t18-/m0/s1. The number of halogens is 1. The largest absolute Gasteiger partial charge is 0.481 e. The molecule has 0 saturated heterocycles. The van der Waals surface area contributed by atoms with E-state index in [4.69, 9.17) is 5.11 Å². The minimum absolute atomic E-state index is 0.147. The normalized spacial score (nSPS) is 16.5. The Bertz CT molecular complexity index is 862. The molecular weight excluding hydrogens is 335 g/mol. The number of rotatable bonds is 5. The van der Waals surface area contributed by atoms with E-state index in [1.807, 2.05) is 31.2 Å². The summed E-state index contributed by atoms with van der Waals surface area (Å²) in [6.45, 7) is 1.98. The molecule has 6 heteroatoms. The molecule has 1 amide bonds. The van der Waals surface area contributed by atoms with Crippen molar-refractivity contribution in [2.45, 2.75) is 32.2 Å². The summed E-state index contributed by atoms with van der Waals surface area (Å²) in [5, 5.41) is 14.6. The second-order valence-electron chi connectivity index (χ2n) is 6.32. The number of amides is 1. The molecule has 1 aliphatic heterocycles. The summed E-state index contributed by atoms with van der Waals surface area (Å²) >= 11 is 0. The molecule has 0 fully saturated rings. The maximum Gasteiger partial charge on any atom is 0.303 e. The first-order chi connectivity index (χ1) is 12.4. The van der Waals surface area contributed by atoms with E-state index in [1.54, 1.807) is 12.1 Å². The molecule has 1 heterocycles. The molecule has 3 rings (SSSR count). The molecule has 134 valence electrons. The van der Waals surface area contributed by atoms with Crippen LogP contribution in [0.4, 0.5) is 4.39 Å². The van der Waals surface area contributed by atoms with Crippen LogP contribution in [0.1, 0.15) is 42.0 Å². The Kier molecular flexibility index (Phi) is 5.11. The predicted molar refractivity (Wildman–Crippen MR) is 95.2 cm³/mol. The Labute approximate surface area is 150 Å². The molecule has 0 saturated carbocycles. The van der Waals surface area contributed by atoms with E-state index >= 15 is 0 Å². The van der Waals surface area contributed by atoms with Crippen molar-refractivity contribution in [1.29, 1.82) is 0 Å². The molecule has 0 aliphatic carbocycles. The van der Waals surface area contributed by atoms with Crippen LogP contribution in [0.15, 0.2) is 53.6 Å². The average molecular weight is 354 g/mol. The summed E-state index contributed by atoms with van der Waals surface area (Å²) in [5.74, 6) is -1.81. The summed E-state index contributed by atoms with van der Waals surface area (Å²) in [4.78, 5) is 23.3. The lowest BCUT2D eigenvalue weighted by Gasteiger charge is -2.21. The number of hydrogen-bond acceptors (Lipinski definition) is 3. The summed E-state index contributed by atoms with van der Waals surface area (Å²) in [5.41, 5.74) is 3.37. The van der Waals surface area contributed by atoms with Crippen molar-refractivity contribution >= 4 is 17.6 Å². The third kappa shape index (κ3) is 3.96. The van der Waals surface area contributed by atoms with Gasteiger partial charge in [-0.05, 0) is 30.2 Å². The molecule has 26 heavy (non-hydrogen) atoms. The van der Waals surface area contributed by atoms with E-state index in [0.717, 1.165) is 16.8 Å². The fraction of sp³-hybridized carbons (Fsp3) is 0.250. The highest BCUT2D eigenvalue weighted by atomic mass is 19.1. The molecule has 1 atom stereocenters. The number of carboxylic acids is 1. The molecule has 2 aromatic carbocycles. The second-order valence-corrected chi connectivity index (χ2v) is 6.32. The van der Waals surface area contributed by atoms with Crippen LogP contribution in [-0.2, 0) is 9.59 Å². The number of nitrogens with zero attached hydrogens (tertiary/aromatic N) is 2.